The second kappa shape index (κ2) is 13.8. The fourth-order valence-electron chi connectivity index (χ4n) is 5.37. The molecule has 0 bridgehead atoms. The highest BCUT2D eigenvalue weighted by molar-refractivity contribution is 6.31. The molecule has 1 amide bonds. The van der Waals surface area contributed by atoms with Gasteiger partial charge in [0.05, 0.1) is 18.2 Å². The molecule has 0 aliphatic rings. The Bertz CT molecular complexity index is 2170. The fourth-order valence-corrected chi connectivity index (χ4v) is 5.55. The minimum Gasteiger partial charge on any atom is -0.480 e. The number of halogens is 1. The molecule has 49 heavy (non-hydrogen) atoms. The maximum atomic E-state index is 14.0. The highest BCUT2D eigenvalue weighted by Gasteiger charge is 2.28. The number of carboxylic acids is 1. The fraction of sp³-hybridized carbons (Fsp3) is 0.222. The van der Waals surface area contributed by atoms with Crippen molar-refractivity contribution in [3.63, 3.8) is 0 Å². The van der Waals surface area contributed by atoms with E-state index in [2.05, 4.69) is 10.4 Å². The number of amides is 1. The van der Waals surface area contributed by atoms with Gasteiger partial charge in [-0.3, -0.25) is 14.4 Å². The second-order valence-corrected chi connectivity index (χ2v) is 12.7. The maximum absolute atomic E-state index is 14.0. The van der Waals surface area contributed by atoms with Gasteiger partial charge in [0, 0.05) is 34.1 Å². The summed E-state index contributed by atoms with van der Waals surface area (Å²) < 4.78 is 13.0. The normalized spacial score (nSPS) is 12.0. The largest absolute Gasteiger partial charge is 0.480 e. The third kappa shape index (κ3) is 7.54. The van der Waals surface area contributed by atoms with Crippen molar-refractivity contribution in [2.75, 3.05) is 12.4 Å². The Hall–Kier alpha value is -5.75. The van der Waals surface area contributed by atoms with Gasteiger partial charge in [0.15, 0.2) is 5.78 Å². The molecule has 0 unspecified atom stereocenters. The molecule has 0 saturated heterocycles. The summed E-state index contributed by atoms with van der Waals surface area (Å²) in [5.74, 6) is -2.22. The lowest BCUT2D eigenvalue weighted by Crippen LogP contribution is -2.36. The number of rotatable bonds is 9. The molecule has 3 aromatic carbocycles. The van der Waals surface area contributed by atoms with Gasteiger partial charge in [-0.25, -0.2) is 18.8 Å². The van der Waals surface area contributed by atoms with Crippen LogP contribution in [-0.4, -0.2) is 55.9 Å². The van der Waals surface area contributed by atoms with Crippen molar-refractivity contribution in [3.05, 3.63) is 111 Å². The summed E-state index contributed by atoms with van der Waals surface area (Å²) in [6, 6.07) is 19.6. The number of methoxy groups -OCH3 is 1. The number of nitrogens with one attached hydrogen (secondary N) is 1. The van der Waals surface area contributed by atoms with E-state index in [4.69, 9.17) is 21.1 Å². The summed E-state index contributed by atoms with van der Waals surface area (Å²) >= 11 is 6.24. The number of aromatic carboxylic acids is 1. The van der Waals surface area contributed by atoms with Crippen LogP contribution in [0.5, 0.6) is 5.88 Å². The van der Waals surface area contributed by atoms with Crippen LogP contribution in [0.25, 0.3) is 22.0 Å². The number of hydrogen-bond acceptors (Lipinski definition) is 8. The predicted octanol–water partition coefficient (Wildman–Crippen LogP) is 6.63. The third-order valence-corrected chi connectivity index (χ3v) is 7.74. The van der Waals surface area contributed by atoms with Gasteiger partial charge in [0.2, 0.25) is 11.8 Å². The number of benzene rings is 3. The first kappa shape index (κ1) is 34.6. The first-order valence-electron chi connectivity index (χ1n) is 15.1. The van der Waals surface area contributed by atoms with Crippen LogP contribution in [0.3, 0.4) is 0 Å². The number of aromatic nitrogens is 3. The first-order valence-corrected chi connectivity index (χ1v) is 15.5. The molecule has 2 aromatic heterocycles. The summed E-state index contributed by atoms with van der Waals surface area (Å²) in [5, 5.41) is 17.7. The summed E-state index contributed by atoms with van der Waals surface area (Å²) in [7, 11) is 1.36. The van der Waals surface area contributed by atoms with E-state index in [0.717, 1.165) is 14.8 Å². The third-order valence-electron chi connectivity index (χ3n) is 7.50. The van der Waals surface area contributed by atoms with E-state index >= 15 is 0 Å². The SMILES string of the molecule is COc1nn([C@@H](Cc2ccccc2)C(=O)Nc2ccc3c(c2)cc(C(=O)O)n3C(=O)OC(C)(C)C)c(=O)cc1-c1cc(Cl)ccc1C(C)=O. The summed E-state index contributed by atoms with van der Waals surface area (Å²) in [6.07, 6.45) is -0.797. The van der Waals surface area contributed by atoms with Gasteiger partial charge >= 0.3 is 12.1 Å². The van der Waals surface area contributed by atoms with Crippen molar-refractivity contribution < 1.29 is 33.8 Å². The van der Waals surface area contributed by atoms with Crippen molar-refractivity contribution >= 4 is 51.9 Å². The standard InChI is InChI=1S/C36H33ClN4O8/c1-20(42)25-13-11-23(37)18-26(25)27-19-31(43)41(39-33(27)48-5)29(15-21-9-7-6-8-10-21)32(44)38-24-12-14-28-22(16-24)17-30(34(45)46)40(28)35(47)49-36(2,3)4/h6-14,16-19,29H,15H2,1-5H3,(H,38,44)(H,45,46)/t29-/m0/s1. The Balaban J connectivity index is 1.56. The zero-order valence-electron chi connectivity index (χ0n) is 27.3. The van der Waals surface area contributed by atoms with E-state index in [0.29, 0.717) is 21.5 Å². The highest BCUT2D eigenvalue weighted by Crippen LogP contribution is 2.33. The van der Waals surface area contributed by atoms with E-state index < -0.39 is 35.2 Å². The van der Waals surface area contributed by atoms with Crippen LogP contribution < -0.4 is 15.6 Å². The number of anilines is 1. The number of ether oxygens (including phenoxy) is 2. The lowest BCUT2D eigenvalue weighted by atomic mass is 9.98. The molecule has 5 rings (SSSR count). The lowest BCUT2D eigenvalue weighted by molar-refractivity contribution is -0.119. The van der Waals surface area contributed by atoms with Crippen LogP contribution in [-0.2, 0) is 16.0 Å². The molecule has 2 N–H and O–H groups in total. The molecule has 5 aromatic rings. The number of carboxylic acid groups (broad SMARTS) is 1. The van der Waals surface area contributed by atoms with Gasteiger partial charge in [-0.1, -0.05) is 41.9 Å². The van der Waals surface area contributed by atoms with Crippen molar-refractivity contribution in [1.29, 1.82) is 0 Å². The number of ketones is 1. The molecule has 12 nitrogen and oxygen atoms in total. The van der Waals surface area contributed by atoms with Crippen molar-refractivity contribution in [2.45, 2.75) is 45.8 Å². The molecule has 0 saturated carbocycles. The van der Waals surface area contributed by atoms with Gasteiger partial charge in [0.1, 0.15) is 17.3 Å². The summed E-state index contributed by atoms with van der Waals surface area (Å²) in [5.41, 5.74) is 0.329. The van der Waals surface area contributed by atoms with Crippen LogP contribution in [0.4, 0.5) is 10.5 Å². The quantitative estimate of drug-likeness (QED) is 0.162. The zero-order valence-corrected chi connectivity index (χ0v) is 28.1. The molecule has 13 heteroatoms. The molecule has 0 spiro atoms. The molecule has 1 atom stereocenters. The van der Waals surface area contributed by atoms with Crippen molar-refractivity contribution in [2.24, 2.45) is 0 Å². The van der Waals surface area contributed by atoms with Gasteiger partial charge < -0.3 is 19.9 Å². The Morgan fingerprint density at radius 2 is 1.67 bits per heavy atom. The van der Waals surface area contributed by atoms with E-state index in [9.17, 15) is 29.1 Å². The van der Waals surface area contributed by atoms with Gasteiger partial charge in [-0.15, -0.1) is 5.10 Å². The van der Waals surface area contributed by atoms with E-state index in [1.807, 2.05) is 6.07 Å². The monoisotopic (exact) mass is 684 g/mol. The van der Waals surface area contributed by atoms with Crippen LogP contribution >= 0.6 is 11.6 Å². The molecule has 0 radical (unpaired) electrons. The number of hydrogen-bond donors (Lipinski definition) is 2. The van der Waals surface area contributed by atoms with Crippen molar-refractivity contribution in [3.8, 4) is 17.0 Å². The minimum atomic E-state index is -1.34. The molecule has 0 aliphatic carbocycles. The lowest BCUT2D eigenvalue weighted by Gasteiger charge is -2.21. The molecule has 252 valence electrons. The summed E-state index contributed by atoms with van der Waals surface area (Å²) in [6.45, 7) is 6.39. The van der Waals surface area contributed by atoms with Crippen LogP contribution in [0.1, 0.15) is 60.1 Å². The highest BCUT2D eigenvalue weighted by atomic mass is 35.5. The number of carbonyl (C=O) groups excluding carboxylic acids is 3. The Labute approximate surface area is 285 Å². The minimum absolute atomic E-state index is 0.0127. The average molecular weight is 685 g/mol. The molecular weight excluding hydrogens is 652 g/mol. The second-order valence-electron chi connectivity index (χ2n) is 12.2. The summed E-state index contributed by atoms with van der Waals surface area (Å²) in [4.78, 5) is 65.1. The van der Waals surface area contributed by atoms with Gasteiger partial charge in [-0.05, 0) is 81.3 Å². The molecule has 0 fully saturated rings. The van der Waals surface area contributed by atoms with Crippen molar-refractivity contribution in [1.82, 2.24) is 14.3 Å². The molecule has 2 heterocycles. The maximum Gasteiger partial charge on any atom is 0.419 e. The predicted molar refractivity (Wildman–Crippen MR) is 184 cm³/mol. The van der Waals surface area contributed by atoms with Gasteiger partial charge in [0.25, 0.3) is 5.56 Å². The topological polar surface area (TPSA) is 159 Å². The van der Waals surface area contributed by atoms with E-state index in [1.165, 1.54) is 50.4 Å². The number of fused-ring (bicyclic) bond motifs is 1. The van der Waals surface area contributed by atoms with Crippen LogP contribution in [0.15, 0.2) is 83.7 Å². The number of carbonyl (C=O) groups is 4. The molecule has 0 aliphatic heterocycles. The number of nitrogens with zero attached hydrogens (tertiary/aromatic N) is 3. The first-order chi connectivity index (χ1) is 23.2. The smallest absolute Gasteiger partial charge is 0.419 e. The Morgan fingerprint density at radius 1 is 0.959 bits per heavy atom. The van der Waals surface area contributed by atoms with E-state index in [1.54, 1.807) is 57.2 Å². The Kier molecular flexibility index (Phi) is 9.72. The number of Topliss-reactive ketones (excluding diaryl/α,β-unsaturated/α-hetero) is 1. The van der Waals surface area contributed by atoms with Crippen LogP contribution in [0.2, 0.25) is 5.02 Å². The van der Waals surface area contributed by atoms with E-state index in [-0.39, 0.29) is 40.5 Å². The van der Waals surface area contributed by atoms with Crippen LogP contribution in [0, 0.1) is 0 Å². The van der Waals surface area contributed by atoms with Gasteiger partial charge in [-0.2, -0.15) is 0 Å². The zero-order chi connectivity index (χ0) is 35.6. The average Bonchev–Trinajstić information content (AvgIpc) is 3.43. The molecular formula is C36H33ClN4O8. The Morgan fingerprint density at radius 3 is 2.31 bits per heavy atom.